The van der Waals surface area contributed by atoms with Crippen LogP contribution in [0.4, 0.5) is 8.78 Å². The van der Waals surface area contributed by atoms with Gasteiger partial charge in [-0.05, 0) is 61.3 Å². The first-order chi connectivity index (χ1) is 12.7. The van der Waals surface area contributed by atoms with Crippen molar-refractivity contribution >= 4 is 0 Å². The Labute approximate surface area is 155 Å². The molecule has 1 aliphatic rings. The van der Waals surface area contributed by atoms with Gasteiger partial charge in [0.1, 0.15) is 11.6 Å². The Balaban J connectivity index is 1.62. The molecule has 26 heavy (non-hydrogen) atoms. The number of piperazine rings is 1. The fraction of sp³-hybridized carbons (Fsp3) is 0.455. The van der Waals surface area contributed by atoms with Gasteiger partial charge in [0.05, 0.1) is 0 Å². The van der Waals surface area contributed by atoms with Gasteiger partial charge in [-0.25, -0.2) is 8.78 Å². The van der Waals surface area contributed by atoms with Crippen LogP contribution < -0.4 is 0 Å². The summed E-state index contributed by atoms with van der Waals surface area (Å²) in [4.78, 5) is 5.01. The van der Waals surface area contributed by atoms with Gasteiger partial charge in [-0.3, -0.25) is 0 Å². The van der Waals surface area contributed by atoms with E-state index in [0.29, 0.717) is 0 Å². The lowest BCUT2D eigenvalue weighted by Gasteiger charge is -2.34. The molecule has 0 unspecified atom stereocenters. The Morgan fingerprint density at radius 1 is 0.769 bits per heavy atom. The average Bonchev–Trinajstić information content (AvgIpc) is 2.68. The number of benzene rings is 2. The molecule has 1 aliphatic heterocycles. The van der Waals surface area contributed by atoms with Gasteiger partial charge < -0.3 is 9.80 Å². The van der Waals surface area contributed by atoms with E-state index < -0.39 is 0 Å². The number of rotatable bonds is 7. The molecule has 0 atom stereocenters. The second kappa shape index (κ2) is 9.24. The normalized spacial score (nSPS) is 16.3. The van der Waals surface area contributed by atoms with Crippen molar-refractivity contribution in [3.8, 4) is 0 Å². The Kier molecular flexibility index (Phi) is 6.75. The first-order valence-electron chi connectivity index (χ1n) is 9.61. The van der Waals surface area contributed by atoms with Gasteiger partial charge in [0.25, 0.3) is 0 Å². The first-order valence-corrected chi connectivity index (χ1v) is 9.61. The minimum Gasteiger partial charge on any atom is -0.301 e. The number of hydrogen-bond acceptors (Lipinski definition) is 2. The highest BCUT2D eigenvalue weighted by atomic mass is 19.1. The van der Waals surface area contributed by atoms with Crippen LogP contribution in [0.25, 0.3) is 0 Å². The summed E-state index contributed by atoms with van der Waals surface area (Å²) >= 11 is 0. The van der Waals surface area contributed by atoms with E-state index in [-0.39, 0.29) is 17.6 Å². The lowest BCUT2D eigenvalue weighted by Crippen LogP contribution is -2.46. The molecular weight excluding hydrogens is 330 g/mol. The van der Waals surface area contributed by atoms with Crippen LogP contribution in [-0.4, -0.2) is 49.1 Å². The molecule has 0 aromatic heterocycles. The molecule has 3 rings (SSSR count). The van der Waals surface area contributed by atoms with Gasteiger partial charge in [-0.1, -0.05) is 31.2 Å². The number of halogens is 2. The Morgan fingerprint density at radius 2 is 1.23 bits per heavy atom. The van der Waals surface area contributed by atoms with Crippen molar-refractivity contribution < 1.29 is 8.78 Å². The lowest BCUT2D eigenvalue weighted by molar-refractivity contribution is 0.135. The molecule has 0 radical (unpaired) electrons. The van der Waals surface area contributed by atoms with Crippen LogP contribution in [0.5, 0.6) is 0 Å². The summed E-state index contributed by atoms with van der Waals surface area (Å²) in [5.41, 5.74) is 2.18. The third-order valence-electron chi connectivity index (χ3n) is 5.42. The van der Waals surface area contributed by atoms with Crippen LogP contribution in [0.15, 0.2) is 48.5 Å². The summed E-state index contributed by atoms with van der Waals surface area (Å²) in [5, 5.41) is 0. The molecule has 2 aromatic carbocycles. The molecule has 0 saturated carbocycles. The molecular formula is C22H28F2N2. The summed E-state index contributed by atoms with van der Waals surface area (Å²) in [6.07, 6.45) is 2.05. The van der Waals surface area contributed by atoms with Crippen molar-refractivity contribution in [3.05, 3.63) is 71.3 Å². The highest BCUT2D eigenvalue weighted by Crippen LogP contribution is 2.29. The zero-order valence-electron chi connectivity index (χ0n) is 15.5. The van der Waals surface area contributed by atoms with Gasteiger partial charge in [0.2, 0.25) is 0 Å². The predicted octanol–water partition coefficient (Wildman–Crippen LogP) is 4.51. The van der Waals surface area contributed by atoms with E-state index in [4.69, 9.17) is 0 Å². The van der Waals surface area contributed by atoms with Crippen LogP contribution in [-0.2, 0) is 0 Å². The quantitative estimate of drug-likeness (QED) is 0.718. The predicted molar refractivity (Wildman–Crippen MR) is 102 cm³/mol. The van der Waals surface area contributed by atoms with Crippen molar-refractivity contribution in [1.82, 2.24) is 9.80 Å². The minimum atomic E-state index is -0.222. The molecule has 0 N–H and O–H groups in total. The van der Waals surface area contributed by atoms with Gasteiger partial charge >= 0.3 is 0 Å². The summed E-state index contributed by atoms with van der Waals surface area (Å²) < 4.78 is 26.6. The molecule has 4 heteroatoms. The lowest BCUT2D eigenvalue weighted by atomic mass is 9.87. The highest BCUT2D eigenvalue weighted by Gasteiger charge is 2.18. The maximum Gasteiger partial charge on any atom is 0.123 e. The largest absolute Gasteiger partial charge is 0.301 e. The molecule has 0 aliphatic carbocycles. The molecule has 0 amide bonds. The van der Waals surface area contributed by atoms with Crippen molar-refractivity contribution in [1.29, 1.82) is 0 Å². The van der Waals surface area contributed by atoms with Crippen LogP contribution in [0.2, 0.25) is 0 Å². The zero-order chi connectivity index (χ0) is 18.4. The maximum atomic E-state index is 13.3. The molecule has 1 heterocycles. The van der Waals surface area contributed by atoms with Gasteiger partial charge in [-0.2, -0.15) is 0 Å². The molecule has 0 spiro atoms. The first kappa shape index (κ1) is 19.0. The van der Waals surface area contributed by atoms with E-state index >= 15 is 0 Å². The summed E-state index contributed by atoms with van der Waals surface area (Å²) in [7, 11) is 0. The molecule has 0 bridgehead atoms. The van der Waals surface area contributed by atoms with E-state index in [1.807, 2.05) is 24.3 Å². The van der Waals surface area contributed by atoms with Crippen LogP contribution in [0, 0.1) is 11.6 Å². The van der Waals surface area contributed by atoms with Gasteiger partial charge in [0, 0.05) is 32.1 Å². The molecule has 2 nitrogen and oxygen atoms in total. The van der Waals surface area contributed by atoms with Gasteiger partial charge in [-0.15, -0.1) is 0 Å². The second-order valence-electron chi connectivity index (χ2n) is 7.07. The molecule has 1 saturated heterocycles. The topological polar surface area (TPSA) is 6.48 Å². The van der Waals surface area contributed by atoms with Crippen molar-refractivity contribution in [2.75, 3.05) is 39.3 Å². The smallest absolute Gasteiger partial charge is 0.123 e. The average molecular weight is 358 g/mol. The van der Waals surface area contributed by atoms with Gasteiger partial charge in [0.15, 0.2) is 0 Å². The summed E-state index contributed by atoms with van der Waals surface area (Å²) in [6, 6.07) is 13.4. The van der Waals surface area contributed by atoms with E-state index in [2.05, 4.69) is 16.7 Å². The van der Waals surface area contributed by atoms with Crippen molar-refractivity contribution in [3.63, 3.8) is 0 Å². The van der Waals surface area contributed by atoms with Crippen LogP contribution in [0.3, 0.4) is 0 Å². The molecule has 140 valence electrons. The van der Waals surface area contributed by atoms with E-state index in [9.17, 15) is 8.78 Å². The fourth-order valence-electron chi connectivity index (χ4n) is 3.76. The Morgan fingerprint density at radius 3 is 1.69 bits per heavy atom. The fourth-order valence-corrected chi connectivity index (χ4v) is 3.76. The highest BCUT2D eigenvalue weighted by molar-refractivity contribution is 5.32. The third-order valence-corrected chi connectivity index (χ3v) is 5.42. The SMILES string of the molecule is CCN1CCN(CCCC(c2ccc(F)cc2)c2ccc(F)cc2)CC1. The van der Waals surface area contributed by atoms with Crippen molar-refractivity contribution in [2.45, 2.75) is 25.7 Å². The number of nitrogens with zero attached hydrogens (tertiary/aromatic N) is 2. The standard InChI is InChI=1S/C22H28F2N2/c1-2-25-14-16-26(17-15-25)13-3-4-22(18-5-9-20(23)10-6-18)19-7-11-21(24)12-8-19/h5-12,22H,2-4,13-17H2,1H3. The summed E-state index contributed by atoms with van der Waals surface area (Å²) in [5.74, 6) is -0.270. The Bertz CT molecular complexity index is 616. The maximum absolute atomic E-state index is 13.3. The van der Waals surface area contributed by atoms with Crippen LogP contribution in [0.1, 0.15) is 36.8 Å². The van der Waals surface area contributed by atoms with Crippen LogP contribution >= 0.6 is 0 Å². The van der Waals surface area contributed by atoms with E-state index in [1.165, 1.54) is 24.3 Å². The molecule has 1 fully saturated rings. The Hall–Kier alpha value is -1.78. The van der Waals surface area contributed by atoms with E-state index in [0.717, 1.165) is 63.2 Å². The molecule has 2 aromatic rings. The third kappa shape index (κ3) is 5.12. The van der Waals surface area contributed by atoms with E-state index in [1.54, 1.807) is 0 Å². The van der Waals surface area contributed by atoms with Crippen molar-refractivity contribution in [2.24, 2.45) is 0 Å². The second-order valence-corrected chi connectivity index (χ2v) is 7.07. The monoisotopic (exact) mass is 358 g/mol. The number of likely N-dealkylation sites (N-methyl/N-ethyl adjacent to an activating group) is 1. The minimum absolute atomic E-state index is 0.174. The number of hydrogen-bond donors (Lipinski definition) is 0. The summed E-state index contributed by atoms with van der Waals surface area (Å²) in [6.45, 7) is 8.98. The zero-order valence-corrected chi connectivity index (χ0v) is 15.5.